The highest BCUT2D eigenvalue weighted by Gasteiger charge is 2.36. The Morgan fingerprint density at radius 3 is 2.43 bits per heavy atom. The lowest BCUT2D eigenvalue weighted by atomic mass is 10.2. The Morgan fingerprint density at radius 1 is 1.22 bits per heavy atom. The zero-order valence-electron chi connectivity index (χ0n) is 13.2. The zero-order chi connectivity index (χ0) is 16.0. The van der Waals surface area contributed by atoms with Crippen molar-refractivity contribution in [2.75, 3.05) is 13.1 Å². The molecule has 124 valence electrons. The Hall–Kier alpha value is -1.47. The molecule has 4 rings (SSSR count). The Kier molecular flexibility index (Phi) is 3.65. The van der Waals surface area contributed by atoms with Crippen molar-refractivity contribution in [3.8, 4) is 0 Å². The van der Waals surface area contributed by atoms with Crippen LogP contribution in [0, 0.1) is 11.8 Å². The predicted octanol–water partition coefficient (Wildman–Crippen LogP) is 2.60. The van der Waals surface area contributed by atoms with Gasteiger partial charge in [-0.2, -0.15) is 4.31 Å². The molecule has 0 aliphatic heterocycles. The van der Waals surface area contributed by atoms with Gasteiger partial charge in [-0.05, 0) is 50.0 Å². The minimum atomic E-state index is -3.50. The number of nitrogens with zero attached hydrogens (tertiary/aromatic N) is 3. The van der Waals surface area contributed by atoms with Crippen molar-refractivity contribution in [2.45, 2.75) is 43.9 Å². The highest BCUT2D eigenvalue weighted by atomic mass is 32.2. The minimum absolute atomic E-state index is 0.254. The van der Waals surface area contributed by atoms with Gasteiger partial charge in [0.15, 0.2) is 0 Å². The van der Waals surface area contributed by atoms with Crippen molar-refractivity contribution in [1.82, 2.24) is 14.4 Å². The quantitative estimate of drug-likeness (QED) is 0.777. The van der Waals surface area contributed by atoms with Crippen LogP contribution in [0.5, 0.6) is 0 Å². The summed E-state index contributed by atoms with van der Waals surface area (Å²) in [5, 5.41) is 4.65. The molecule has 0 aromatic carbocycles. The summed E-state index contributed by atoms with van der Waals surface area (Å²) in [5.74, 6) is 1.06. The minimum Gasteiger partial charge on any atom is -0.336 e. The average molecular weight is 335 g/mol. The molecule has 0 atom stereocenters. The van der Waals surface area contributed by atoms with E-state index in [0.717, 1.165) is 31.4 Å². The van der Waals surface area contributed by atoms with Crippen LogP contribution >= 0.6 is 0 Å². The van der Waals surface area contributed by atoms with Crippen molar-refractivity contribution < 1.29 is 12.9 Å². The van der Waals surface area contributed by atoms with Crippen molar-refractivity contribution >= 4 is 21.1 Å². The van der Waals surface area contributed by atoms with Crippen molar-refractivity contribution in [3.63, 3.8) is 0 Å². The molecule has 2 aliphatic rings. The third-order valence-electron chi connectivity index (χ3n) is 4.67. The second kappa shape index (κ2) is 5.56. The monoisotopic (exact) mass is 335 g/mol. The third-order valence-corrected chi connectivity index (χ3v) is 6.47. The smallest absolute Gasteiger partial charge is 0.258 e. The van der Waals surface area contributed by atoms with Gasteiger partial charge in [-0.25, -0.2) is 13.4 Å². The summed E-state index contributed by atoms with van der Waals surface area (Å²) < 4.78 is 32.9. The first kappa shape index (κ1) is 15.1. The first-order valence-corrected chi connectivity index (χ1v) is 9.76. The Bertz CT molecular complexity index is 808. The van der Waals surface area contributed by atoms with E-state index in [0.29, 0.717) is 42.4 Å². The van der Waals surface area contributed by atoms with E-state index in [1.165, 1.54) is 6.20 Å². The molecular weight excluding hydrogens is 314 g/mol. The summed E-state index contributed by atoms with van der Waals surface area (Å²) in [6.07, 6.45) is 6.64. The van der Waals surface area contributed by atoms with Crippen molar-refractivity contribution in [1.29, 1.82) is 0 Å². The van der Waals surface area contributed by atoms with Crippen LogP contribution in [0.25, 0.3) is 11.1 Å². The molecule has 23 heavy (non-hydrogen) atoms. The van der Waals surface area contributed by atoms with Crippen LogP contribution in [-0.2, 0) is 16.4 Å². The number of fused-ring (bicyclic) bond motifs is 1. The van der Waals surface area contributed by atoms with Crippen LogP contribution in [0.15, 0.2) is 21.7 Å². The summed E-state index contributed by atoms with van der Waals surface area (Å²) in [5.41, 5.74) is 1.15. The maximum absolute atomic E-state index is 13.1. The van der Waals surface area contributed by atoms with Crippen molar-refractivity contribution in [2.24, 2.45) is 11.8 Å². The van der Waals surface area contributed by atoms with Crippen LogP contribution < -0.4 is 0 Å². The summed E-state index contributed by atoms with van der Waals surface area (Å²) in [6.45, 7) is 3.24. The summed E-state index contributed by atoms with van der Waals surface area (Å²) >= 11 is 0. The molecule has 2 heterocycles. The second-order valence-electron chi connectivity index (χ2n) is 6.72. The predicted molar refractivity (Wildman–Crippen MR) is 85.4 cm³/mol. The fourth-order valence-corrected chi connectivity index (χ4v) is 4.42. The summed E-state index contributed by atoms with van der Waals surface area (Å²) in [6, 6.07) is 1.67. The number of hydrogen-bond acceptors (Lipinski definition) is 5. The van der Waals surface area contributed by atoms with Gasteiger partial charge in [0.25, 0.3) is 5.71 Å². The van der Waals surface area contributed by atoms with E-state index < -0.39 is 10.0 Å². The Labute approximate surface area is 135 Å². The van der Waals surface area contributed by atoms with Crippen LogP contribution in [-0.4, -0.2) is 36.0 Å². The molecule has 0 N–H and O–H groups in total. The van der Waals surface area contributed by atoms with Gasteiger partial charge in [-0.3, -0.25) is 0 Å². The molecule has 7 heteroatoms. The van der Waals surface area contributed by atoms with Gasteiger partial charge in [0, 0.05) is 13.1 Å². The van der Waals surface area contributed by atoms with Crippen LogP contribution in [0.1, 0.15) is 38.3 Å². The lowest BCUT2D eigenvalue weighted by Gasteiger charge is -2.21. The SMILES string of the molecule is CCc1noc2ncc(S(=O)(=O)N(CC3CC3)CC3CC3)cc12. The summed E-state index contributed by atoms with van der Waals surface area (Å²) in [4.78, 5) is 4.41. The van der Waals surface area contributed by atoms with E-state index in [1.54, 1.807) is 10.4 Å². The highest BCUT2D eigenvalue weighted by Crippen LogP contribution is 2.36. The lowest BCUT2D eigenvalue weighted by molar-refractivity contribution is 0.382. The molecule has 2 saturated carbocycles. The molecule has 6 nitrogen and oxygen atoms in total. The molecule has 2 aliphatic carbocycles. The lowest BCUT2D eigenvalue weighted by Crippen LogP contribution is -2.34. The number of rotatable bonds is 7. The topological polar surface area (TPSA) is 76.3 Å². The van der Waals surface area contributed by atoms with Gasteiger partial charge in [-0.1, -0.05) is 12.1 Å². The largest absolute Gasteiger partial charge is 0.336 e. The van der Waals surface area contributed by atoms with Gasteiger partial charge in [0.2, 0.25) is 10.0 Å². The number of hydrogen-bond donors (Lipinski definition) is 0. The van der Waals surface area contributed by atoms with Crippen LogP contribution in [0.3, 0.4) is 0 Å². The molecule has 0 spiro atoms. The molecule has 2 aromatic heterocycles. The fourth-order valence-electron chi connectivity index (χ4n) is 2.85. The number of aryl methyl sites for hydroxylation is 1. The van der Waals surface area contributed by atoms with Crippen LogP contribution in [0.2, 0.25) is 0 Å². The average Bonchev–Trinajstić information content (AvgIpc) is 3.46. The van der Waals surface area contributed by atoms with E-state index in [4.69, 9.17) is 4.52 Å². The van der Waals surface area contributed by atoms with Gasteiger partial charge in [0.05, 0.1) is 17.3 Å². The maximum Gasteiger partial charge on any atom is 0.258 e. The molecule has 2 aromatic rings. The summed E-state index contributed by atoms with van der Waals surface area (Å²) in [7, 11) is -3.50. The fraction of sp³-hybridized carbons (Fsp3) is 0.625. The first-order valence-electron chi connectivity index (χ1n) is 8.32. The van der Waals surface area contributed by atoms with Gasteiger partial charge in [0.1, 0.15) is 4.90 Å². The molecule has 0 saturated heterocycles. The number of sulfonamides is 1. The highest BCUT2D eigenvalue weighted by molar-refractivity contribution is 7.89. The molecule has 0 unspecified atom stereocenters. The molecule has 0 radical (unpaired) electrons. The normalized spacial score (nSPS) is 18.9. The molecule has 0 bridgehead atoms. The van der Waals surface area contributed by atoms with Crippen molar-refractivity contribution in [3.05, 3.63) is 18.0 Å². The molecule has 2 fully saturated rings. The second-order valence-corrected chi connectivity index (χ2v) is 8.65. The van der Waals surface area contributed by atoms with E-state index in [2.05, 4.69) is 10.1 Å². The third kappa shape index (κ3) is 2.99. The first-order chi connectivity index (χ1) is 11.1. The van der Waals surface area contributed by atoms with E-state index in [-0.39, 0.29) is 4.90 Å². The Balaban J connectivity index is 1.69. The van der Waals surface area contributed by atoms with E-state index in [1.807, 2.05) is 6.92 Å². The van der Waals surface area contributed by atoms with Crippen LogP contribution in [0.4, 0.5) is 0 Å². The molecular formula is C16H21N3O3S. The maximum atomic E-state index is 13.1. The number of pyridine rings is 1. The number of aromatic nitrogens is 2. The molecule has 0 amide bonds. The van der Waals surface area contributed by atoms with Gasteiger partial charge in [-0.15, -0.1) is 0 Å². The standard InChI is InChI=1S/C16H21N3O3S/c1-2-15-14-7-13(8-17-16(14)22-18-15)23(20,21)19(9-11-3-4-11)10-12-5-6-12/h7-8,11-12H,2-6,9-10H2,1H3. The van der Waals surface area contributed by atoms with Gasteiger partial charge >= 0.3 is 0 Å². The van der Waals surface area contributed by atoms with Gasteiger partial charge < -0.3 is 4.52 Å². The Morgan fingerprint density at radius 2 is 1.87 bits per heavy atom. The van der Waals surface area contributed by atoms with E-state index in [9.17, 15) is 8.42 Å². The zero-order valence-corrected chi connectivity index (χ0v) is 14.1. The van der Waals surface area contributed by atoms with E-state index >= 15 is 0 Å².